The first-order chi connectivity index (χ1) is 14.5. The van der Waals surface area contributed by atoms with Crippen LogP contribution >= 0.6 is 0 Å². The van der Waals surface area contributed by atoms with Gasteiger partial charge in [-0.05, 0) is 37.4 Å². The first-order valence-electron chi connectivity index (χ1n) is 10.5. The molecule has 0 spiro atoms. The van der Waals surface area contributed by atoms with Gasteiger partial charge in [0, 0.05) is 25.2 Å². The van der Waals surface area contributed by atoms with Gasteiger partial charge >= 0.3 is 0 Å². The van der Waals surface area contributed by atoms with Gasteiger partial charge in [-0.25, -0.2) is 0 Å². The molecule has 2 aromatic rings. The van der Waals surface area contributed by atoms with E-state index in [-0.39, 0.29) is 35.9 Å². The van der Waals surface area contributed by atoms with Crippen molar-refractivity contribution in [3.8, 4) is 0 Å². The summed E-state index contributed by atoms with van der Waals surface area (Å²) in [6, 6.07) is 9.54. The van der Waals surface area contributed by atoms with Crippen LogP contribution in [0.25, 0.3) is 0 Å². The van der Waals surface area contributed by atoms with Gasteiger partial charge in [0.25, 0.3) is 5.91 Å². The molecule has 4 rings (SSSR count). The van der Waals surface area contributed by atoms with Gasteiger partial charge in [-0.1, -0.05) is 35.8 Å². The van der Waals surface area contributed by atoms with Gasteiger partial charge in [0.15, 0.2) is 11.5 Å². The van der Waals surface area contributed by atoms with E-state index >= 15 is 0 Å². The van der Waals surface area contributed by atoms with Crippen molar-refractivity contribution in [2.75, 3.05) is 26.7 Å². The Balaban J connectivity index is 1.50. The molecule has 1 aliphatic heterocycles. The molecule has 1 fully saturated rings. The SMILES string of the molecule is CN(CC(=O)N1CCc2ccccc2C(NC(=O)c2cc(CO)on2)C1)C1CCC1. The van der Waals surface area contributed by atoms with Crippen molar-refractivity contribution in [3.63, 3.8) is 0 Å². The van der Waals surface area contributed by atoms with E-state index in [0.29, 0.717) is 25.7 Å². The van der Waals surface area contributed by atoms with Crippen LogP contribution in [0.15, 0.2) is 34.9 Å². The van der Waals surface area contributed by atoms with Crippen LogP contribution in [0.3, 0.4) is 0 Å². The Morgan fingerprint density at radius 2 is 2.13 bits per heavy atom. The minimum atomic E-state index is -0.390. The fourth-order valence-electron chi connectivity index (χ4n) is 4.11. The lowest BCUT2D eigenvalue weighted by molar-refractivity contribution is -0.133. The van der Waals surface area contributed by atoms with Crippen molar-refractivity contribution in [2.24, 2.45) is 0 Å². The van der Waals surface area contributed by atoms with Gasteiger partial charge in [0.2, 0.25) is 5.91 Å². The second kappa shape index (κ2) is 8.97. The fraction of sp³-hybridized carbons (Fsp3) is 0.500. The minimum absolute atomic E-state index is 0.0838. The number of likely N-dealkylation sites (N-methyl/N-ethyl adjacent to an activating group) is 1. The molecule has 2 aliphatic rings. The molecule has 1 aromatic heterocycles. The maximum Gasteiger partial charge on any atom is 0.274 e. The summed E-state index contributed by atoms with van der Waals surface area (Å²) in [7, 11) is 2.01. The van der Waals surface area contributed by atoms with E-state index in [1.54, 1.807) is 0 Å². The Kier molecular flexibility index (Phi) is 6.15. The molecule has 1 atom stereocenters. The zero-order valence-electron chi connectivity index (χ0n) is 17.2. The van der Waals surface area contributed by atoms with Crippen molar-refractivity contribution < 1.29 is 19.2 Å². The lowest BCUT2D eigenvalue weighted by Gasteiger charge is -2.35. The lowest BCUT2D eigenvalue weighted by Crippen LogP contribution is -2.47. The Bertz CT molecular complexity index is 908. The molecule has 0 saturated heterocycles. The summed E-state index contributed by atoms with van der Waals surface area (Å²) < 4.78 is 4.93. The molecular formula is C22H28N4O4. The second-order valence-corrected chi connectivity index (χ2v) is 8.15. The number of nitrogens with zero attached hydrogens (tertiary/aromatic N) is 3. The molecule has 1 aliphatic carbocycles. The molecule has 1 aromatic carbocycles. The number of aliphatic hydroxyl groups is 1. The van der Waals surface area contributed by atoms with Gasteiger partial charge < -0.3 is 19.8 Å². The van der Waals surface area contributed by atoms with Crippen molar-refractivity contribution in [1.29, 1.82) is 0 Å². The van der Waals surface area contributed by atoms with Crippen LogP contribution in [0.1, 0.15) is 52.7 Å². The van der Waals surface area contributed by atoms with E-state index in [9.17, 15) is 9.59 Å². The summed E-state index contributed by atoms with van der Waals surface area (Å²) in [4.78, 5) is 29.7. The highest BCUT2D eigenvalue weighted by Gasteiger charge is 2.30. The lowest BCUT2D eigenvalue weighted by atomic mass is 9.92. The zero-order valence-corrected chi connectivity index (χ0v) is 17.2. The predicted octanol–water partition coefficient (Wildman–Crippen LogP) is 1.51. The predicted molar refractivity (Wildman–Crippen MR) is 110 cm³/mol. The van der Waals surface area contributed by atoms with Gasteiger partial charge in [-0.3, -0.25) is 14.5 Å². The number of rotatable bonds is 6. The third kappa shape index (κ3) is 4.39. The number of aliphatic hydroxyl groups excluding tert-OH is 1. The van der Waals surface area contributed by atoms with E-state index in [4.69, 9.17) is 9.63 Å². The number of benzene rings is 1. The topological polar surface area (TPSA) is 98.9 Å². The van der Waals surface area contributed by atoms with Crippen LogP contribution in [-0.2, 0) is 17.8 Å². The molecule has 2 amide bonds. The van der Waals surface area contributed by atoms with E-state index in [2.05, 4.69) is 15.4 Å². The third-order valence-electron chi connectivity index (χ3n) is 6.17. The Labute approximate surface area is 175 Å². The van der Waals surface area contributed by atoms with Gasteiger partial charge in [-0.15, -0.1) is 0 Å². The highest BCUT2D eigenvalue weighted by atomic mass is 16.5. The highest BCUT2D eigenvalue weighted by Crippen LogP contribution is 2.26. The maximum atomic E-state index is 13.0. The van der Waals surface area contributed by atoms with Crippen molar-refractivity contribution in [3.05, 3.63) is 52.9 Å². The number of aromatic nitrogens is 1. The smallest absolute Gasteiger partial charge is 0.274 e. The number of hydrogen-bond donors (Lipinski definition) is 2. The largest absolute Gasteiger partial charge is 0.388 e. The monoisotopic (exact) mass is 412 g/mol. The second-order valence-electron chi connectivity index (χ2n) is 8.15. The van der Waals surface area contributed by atoms with Gasteiger partial charge in [0.05, 0.1) is 12.6 Å². The average Bonchev–Trinajstić information content (AvgIpc) is 3.11. The van der Waals surface area contributed by atoms with Gasteiger partial charge in [0.1, 0.15) is 6.61 Å². The first kappa shape index (κ1) is 20.6. The number of carbonyl (C=O) groups excluding carboxylic acids is 2. The molecule has 1 saturated carbocycles. The van der Waals surface area contributed by atoms with Crippen LogP contribution in [0.5, 0.6) is 0 Å². The van der Waals surface area contributed by atoms with Crippen LogP contribution in [-0.4, -0.2) is 64.6 Å². The zero-order chi connectivity index (χ0) is 21.1. The Morgan fingerprint density at radius 1 is 1.33 bits per heavy atom. The minimum Gasteiger partial charge on any atom is -0.388 e. The first-order valence-corrected chi connectivity index (χ1v) is 10.5. The van der Waals surface area contributed by atoms with Gasteiger partial charge in [-0.2, -0.15) is 0 Å². The van der Waals surface area contributed by atoms with Crippen LogP contribution in [0.4, 0.5) is 0 Å². The number of amides is 2. The molecule has 8 heteroatoms. The average molecular weight is 412 g/mol. The summed E-state index contributed by atoms with van der Waals surface area (Å²) in [5.41, 5.74) is 2.25. The molecule has 160 valence electrons. The van der Waals surface area contributed by atoms with E-state index < -0.39 is 0 Å². The number of carbonyl (C=O) groups is 2. The van der Waals surface area contributed by atoms with E-state index in [1.165, 1.54) is 12.5 Å². The standard InChI is InChI=1S/C22H28N4O4/c1-25(16-6-4-7-16)13-21(28)26-10-9-15-5-2-3-8-18(15)20(12-26)23-22(29)19-11-17(14-27)30-24-19/h2-3,5,8,11,16,20,27H,4,6-7,9-10,12-14H2,1H3,(H,23,29). The van der Waals surface area contributed by atoms with Crippen LogP contribution in [0.2, 0.25) is 0 Å². The summed E-state index contributed by atoms with van der Waals surface area (Å²) in [6.45, 7) is 1.11. The summed E-state index contributed by atoms with van der Waals surface area (Å²) in [5.74, 6) is -0.0724. The number of fused-ring (bicyclic) bond motifs is 1. The third-order valence-corrected chi connectivity index (χ3v) is 6.17. The summed E-state index contributed by atoms with van der Waals surface area (Å²) >= 11 is 0. The molecule has 2 heterocycles. The highest BCUT2D eigenvalue weighted by molar-refractivity contribution is 5.92. The van der Waals surface area contributed by atoms with E-state index in [1.807, 2.05) is 36.2 Å². The van der Waals surface area contributed by atoms with Crippen LogP contribution < -0.4 is 5.32 Å². The van der Waals surface area contributed by atoms with Crippen molar-refractivity contribution >= 4 is 11.8 Å². The number of nitrogens with one attached hydrogen (secondary N) is 1. The molecule has 2 N–H and O–H groups in total. The molecule has 0 bridgehead atoms. The van der Waals surface area contributed by atoms with Crippen molar-refractivity contribution in [1.82, 2.24) is 20.3 Å². The normalized spacial score (nSPS) is 19.2. The van der Waals surface area contributed by atoms with Crippen molar-refractivity contribution in [2.45, 2.75) is 44.4 Å². The summed E-state index contributed by atoms with van der Waals surface area (Å²) in [6.07, 6.45) is 4.29. The van der Waals surface area contributed by atoms with Crippen LogP contribution in [0, 0.1) is 0 Å². The Hall–Kier alpha value is -2.71. The Morgan fingerprint density at radius 3 is 2.83 bits per heavy atom. The fourth-order valence-corrected chi connectivity index (χ4v) is 4.11. The quantitative estimate of drug-likeness (QED) is 0.746. The number of hydrogen-bond acceptors (Lipinski definition) is 6. The molecular weight excluding hydrogens is 384 g/mol. The molecule has 8 nitrogen and oxygen atoms in total. The maximum absolute atomic E-state index is 13.0. The van der Waals surface area contributed by atoms with E-state index in [0.717, 1.165) is 30.4 Å². The molecule has 1 unspecified atom stereocenters. The molecule has 30 heavy (non-hydrogen) atoms. The summed E-state index contributed by atoms with van der Waals surface area (Å²) in [5, 5.41) is 15.9. The molecule has 0 radical (unpaired) electrons.